The van der Waals surface area contributed by atoms with E-state index in [4.69, 9.17) is 4.74 Å². The van der Waals surface area contributed by atoms with E-state index in [0.717, 1.165) is 48.7 Å². The summed E-state index contributed by atoms with van der Waals surface area (Å²) in [5.74, 6) is 1.02. The van der Waals surface area contributed by atoms with Crippen molar-refractivity contribution in [2.24, 2.45) is 0 Å². The molecule has 0 spiro atoms. The number of benzene rings is 2. The number of likely N-dealkylation sites (tertiary alicyclic amines) is 1. The lowest BCUT2D eigenvalue weighted by atomic mass is 10.0. The largest absolute Gasteiger partial charge is 0.475 e. The summed E-state index contributed by atoms with van der Waals surface area (Å²) in [6.07, 6.45) is 6.37. The Morgan fingerprint density at radius 2 is 1.90 bits per heavy atom. The van der Waals surface area contributed by atoms with Crippen LogP contribution in [0.15, 0.2) is 51.8 Å². The fourth-order valence-electron chi connectivity index (χ4n) is 4.66. The molecule has 0 aromatic heterocycles. The number of aliphatic hydroxyl groups excluding tert-OH is 1. The summed E-state index contributed by atoms with van der Waals surface area (Å²) >= 11 is 5.37. The van der Waals surface area contributed by atoms with Crippen LogP contribution in [-0.2, 0) is 6.42 Å². The molecule has 4 rings (SSSR count). The van der Waals surface area contributed by atoms with Gasteiger partial charge in [-0.25, -0.2) is 0 Å². The Bertz CT molecular complexity index is 837. The zero-order valence-corrected chi connectivity index (χ0v) is 19.6. The van der Waals surface area contributed by atoms with Crippen molar-refractivity contribution in [1.29, 1.82) is 0 Å². The minimum absolute atomic E-state index is 0.111. The summed E-state index contributed by atoms with van der Waals surface area (Å²) in [6.45, 7) is 4.51. The smallest absolute Gasteiger partial charge is 0.158 e. The zero-order valence-electron chi connectivity index (χ0n) is 17.2. The number of nitrogens with zero attached hydrogens (tertiary/aromatic N) is 1. The van der Waals surface area contributed by atoms with E-state index >= 15 is 0 Å². The van der Waals surface area contributed by atoms with Gasteiger partial charge in [0.05, 0.1) is 11.6 Å². The van der Waals surface area contributed by atoms with E-state index in [1.807, 2.05) is 11.8 Å². The number of hydrogen-bond acceptors (Lipinski definition) is 4. The molecule has 2 unspecified atom stereocenters. The lowest BCUT2D eigenvalue weighted by Crippen LogP contribution is -2.32. The average Bonchev–Trinajstić information content (AvgIpc) is 3.33. The number of ether oxygens (including phenoxy) is 1. The molecular weight excluding hydrogens is 446 g/mol. The van der Waals surface area contributed by atoms with Crippen molar-refractivity contribution < 1.29 is 9.84 Å². The van der Waals surface area contributed by atoms with Crippen LogP contribution >= 0.6 is 27.7 Å². The molecule has 0 saturated carbocycles. The first-order valence-corrected chi connectivity index (χ1v) is 12.3. The van der Waals surface area contributed by atoms with Crippen LogP contribution in [0.3, 0.4) is 0 Å². The van der Waals surface area contributed by atoms with Gasteiger partial charge in [-0.05, 0) is 73.9 Å². The fraction of sp³-hybridized carbons (Fsp3) is 0.500. The SMILES string of the molecule is CCC1(CC)Oc2ccc(C3CCC(CCc4ccc(Br)cc4)N3CO)cc2S1. The summed E-state index contributed by atoms with van der Waals surface area (Å²) in [5.41, 5.74) is 2.67. The molecule has 0 aliphatic carbocycles. The van der Waals surface area contributed by atoms with Gasteiger partial charge in [0, 0.05) is 16.6 Å². The van der Waals surface area contributed by atoms with E-state index in [1.54, 1.807) is 0 Å². The summed E-state index contributed by atoms with van der Waals surface area (Å²) < 4.78 is 7.40. The first-order chi connectivity index (χ1) is 14.1. The average molecular weight is 476 g/mol. The molecule has 0 radical (unpaired) electrons. The van der Waals surface area contributed by atoms with E-state index in [2.05, 4.69) is 77.1 Å². The molecule has 3 nitrogen and oxygen atoms in total. The normalized spacial score (nSPS) is 23.2. The van der Waals surface area contributed by atoms with E-state index in [0.29, 0.717) is 12.1 Å². The Labute approximate surface area is 187 Å². The highest BCUT2D eigenvalue weighted by Gasteiger charge is 2.39. The number of hydrogen-bond donors (Lipinski definition) is 1. The second-order valence-electron chi connectivity index (χ2n) is 8.10. The number of halogens is 1. The number of aryl methyl sites for hydroxylation is 1. The quantitative estimate of drug-likeness (QED) is 0.492. The predicted molar refractivity (Wildman–Crippen MR) is 123 cm³/mol. The minimum atomic E-state index is -0.111. The predicted octanol–water partition coefficient (Wildman–Crippen LogP) is 6.54. The van der Waals surface area contributed by atoms with Gasteiger partial charge in [-0.1, -0.05) is 59.7 Å². The monoisotopic (exact) mass is 475 g/mol. The highest BCUT2D eigenvalue weighted by atomic mass is 79.9. The lowest BCUT2D eigenvalue weighted by Gasteiger charge is -2.28. The van der Waals surface area contributed by atoms with Crippen LogP contribution in [0.5, 0.6) is 5.75 Å². The molecule has 29 heavy (non-hydrogen) atoms. The molecule has 2 heterocycles. The van der Waals surface area contributed by atoms with Gasteiger partial charge in [0.15, 0.2) is 4.93 Å². The highest BCUT2D eigenvalue weighted by molar-refractivity contribution is 9.10. The number of thioether (sulfide) groups is 1. The van der Waals surface area contributed by atoms with Crippen LogP contribution in [0.2, 0.25) is 0 Å². The summed E-state index contributed by atoms with van der Waals surface area (Å²) in [4.78, 5) is 3.43. The fourth-order valence-corrected chi connectivity index (χ4v) is 6.15. The zero-order chi connectivity index (χ0) is 20.4. The molecule has 1 saturated heterocycles. The minimum Gasteiger partial charge on any atom is -0.475 e. The topological polar surface area (TPSA) is 32.7 Å². The Kier molecular flexibility index (Phi) is 6.59. The van der Waals surface area contributed by atoms with Crippen LogP contribution in [0.1, 0.15) is 63.1 Å². The van der Waals surface area contributed by atoms with Crippen molar-refractivity contribution in [2.75, 3.05) is 6.73 Å². The van der Waals surface area contributed by atoms with Crippen molar-refractivity contribution in [1.82, 2.24) is 4.90 Å². The molecular formula is C24H30BrNO2S. The van der Waals surface area contributed by atoms with Crippen molar-refractivity contribution in [3.63, 3.8) is 0 Å². The van der Waals surface area contributed by atoms with Crippen molar-refractivity contribution in [3.8, 4) is 5.75 Å². The summed E-state index contributed by atoms with van der Waals surface area (Å²) in [6, 6.07) is 15.9. The maximum absolute atomic E-state index is 10.1. The van der Waals surface area contributed by atoms with Crippen molar-refractivity contribution >= 4 is 27.7 Å². The molecule has 0 amide bonds. The third-order valence-electron chi connectivity index (χ3n) is 6.51. The van der Waals surface area contributed by atoms with Crippen LogP contribution < -0.4 is 4.74 Å². The van der Waals surface area contributed by atoms with Crippen LogP contribution in [0.4, 0.5) is 0 Å². The molecule has 1 N–H and O–H groups in total. The molecule has 5 heteroatoms. The Morgan fingerprint density at radius 3 is 2.59 bits per heavy atom. The first-order valence-electron chi connectivity index (χ1n) is 10.7. The number of fused-ring (bicyclic) bond motifs is 1. The molecule has 2 aromatic carbocycles. The van der Waals surface area contributed by atoms with Gasteiger partial charge < -0.3 is 9.84 Å². The van der Waals surface area contributed by atoms with E-state index < -0.39 is 0 Å². The second-order valence-corrected chi connectivity index (χ2v) is 10.4. The van der Waals surface area contributed by atoms with E-state index in [1.165, 1.54) is 16.0 Å². The second kappa shape index (κ2) is 9.01. The molecule has 2 aliphatic rings. The third-order valence-corrected chi connectivity index (χ3v) is 8.61. The highest BCUT2D eigenvalue weighted by Crippen LogP contribution is 2.52. The first kappa shape index (κ1) is 21.2. The summed E-state index contributed by atoms with van der Waals surface area (Å²) in [5, 5.41) is 10.1. The van der Waals surface area contributed by atoms with Crippen LogP contribution in [0, 0.1) is 0 Å². The van der Waals surface area contributed by atoms with Crippen molar-refractivity contribution in [2.45, 2.75) is 74.3 Å². The van der Waals surface area contributed by atoms with Gasteiger partial charge in [-0.2, -0.15) is 0 Å². The molecule has 2 aliphatic heterocycles. The van der Waals surface area contributed by atoms with Crippen molar-refractivity contribution in [3.05, 3.63) is 58.1 Å². The molecule has 2 aromatic rings. The molecule has 2 atom stereocenters. The van der Waals surface area contributed by atoms with Gasteiger partial charge in [0.2, 0.25) is 0 Å². The lowest BCUT2D eigenvalue weighted by molar-refractivity contribution is 0.0596. The van der Waals surface area contributed by atoms with Gasteiger partial charge in [0.25, 0.3) is 0 Å². The Hall–Kier alpha value is -1.01. The van der Waals surface area contributed by atoms with Gasteiger partial charge in [0.1, 0.15) is 5.75 Å². The van der Waals surface area contributed by atoms with E-state index in [9.17, 15) is 5.11 Å². The number of rotatable bonds is 7. The van der Waals surface area contributed by atoms with E-state index in [-0.39, 0.29) is 11.7 Å². The van der Waals surface area contributed by atoms with Crippen LogP contribution in [-0.4, -0.2) is 27.7 Å². The number of aliphatic hydroxyl groups is 1. The van der Waals surface area contributed by atoms with Gasteiger partial charge in [-0.15, -0.1) is 0 Å². The standard InChI is InChI=1S/C24H30BrNO2S/c1-3-24(4-2)28-22-14-8-18(15-23(22)29-24)21-13-12-20(26(21)16-27)11-7-17-5-9-19(25)10-6-17/h5-6,8-10,14-15,20-21,27H,3-4,7,11-13,16H2,1-2H3. The van der Waals surface area contributed by atoms with Gasteiger partial charge in [-0.3, -0.25) is 4.90 Å². The third kappa shape index (κ3) is 4.39. The van der Waals surface area contributed by atoms with Gasteiger partial charge >= 0.3 is 0 Å². The molecule has 1 fully saturated rings. The Morgan fingerprint density at radius 1 is 1.14 bits per heavy atom. The maximum Gasteiger partial charge on any atom is 0.158 e. The Balaban J connectivity index is 1.45. The van der Waals surface area contributed by atoms with Crippen LogP contribution in [0.25, 0.3) is 0 Å². The summed E-state index contributed by atoms with van der Waals surface area (Å²) in [7, 11) is 0. The molecule has 0 bridgehead atoms. The molecule has 156 valence electrons. The maximum atomic E-state index is 10.1.